The van der Waals surface area contributed by atoms with Crippen molar-refractivity contribution in [2.75, 3.05) is 6.54 Å². The average Bonchev–Trinajstić information content (AvgIpc) is 2.21. The molecular formula is C10H15N3O3. The lowest BCUT2D eigenvalue weighted by molar-refractivity contribution is 0.0921. The van der Waals surface area contributed by atoms with Crippen LogP contribution in [0.3, 0.4) is 0 Å². The zero-order valence-corrected chi connectivity index (χ0v) is 9.50. The number of hydrogen-bond acceptors (Lipinski definition) is 4. The molecule has 1 unspecified atom stereocenters. The van der Waals surface area contributed by atoms with Crippen molar-refractivity contribution in [3.63, 3.8) is 0 Å². The van der Waals surface area contributed by atoms with Crippen molar-refractivity contribution in [1.82, 2.24) is 15.5 Å². The number of aryl methyl sites for hydroxylation is 1. The Morgan fingerprint density at radius 3 is 2.75 bits per heavy atom. The smallest absolute Gasteiger partial charge is 0.277 e. The Morgan fingerprint density at radius 1 is 1.56 bits per heavy atom. The van der Waals surface area contributed by atoms with Crippen LogP contribution in [0.2, 0.25) is 0 Å². The lowest BCUT2D eigenvalue weighted by atomic mass is 10.1. The summed E-state index contributed by atoms with van der Waals surface area (Å²) in [5, 5.41) is 17.5. The summed E-state index contributed by atoms with van der Waals surface area (Å²) >= 11 is 0. The summed E-state index contributed by atoms with van der Waals surface area (Å²) in [7, 11) is 0. The molecule has 3 N–H and O–H groups in total. The third-order valence-electron chi connectivity index (χ3n) is 2.26. The number of amides is 1. The van der Waals surface area contributed by atoms with Crippen molar-refractivity contribution in [2.24, 2.45) is 0 Å². The lowest BCUT2D eigenvalue weighted by Gasteiger charge is -2.09. The fraction of sp³-hybridized carbons (Fsp3) is 0.500. The number of nitrogens with zero attached hydrogens (tertiary/aromatic N) is 1. The largest absolute Gasteiger partial charge is 0.392 e. The molecule has 1 rings (SSSR count). The second kappa shape index (κ2) is 4.89. The van der Waals surface area contributed by atoms with Gasteiger partial charge in [-0.25, -0.2) is 5.10 Å². The Labute approximate surface area is 92.7 Å². The van der Waals surface area contributed by atoms with Crippen LogP contribution in [0.4, 0.5) is 0 Å². The highest BCUT2D eigenvalue weighted by Gasteiger charge is 2.15. The van der Waals surface area contributed by atoms with E-state index in [1.54, 1.807) is 20.8 Å². The van der Waals surface area contributed by atoms with Crippen LogP contribution in [0, 0.1) is 13.8 Å². The van der Waals surface area contributed by atoms with Gasteiger partial charge in [-0.3, -0.25) is 9.59 Å². The van der Waals surface area contributed by atoms with Crippen LogP contribution in [0.1, 0.15) is 28.5 Å². The fourth-order valence-electron chi connectivity index (χ4n) is 1.23. The number of H-pyrrole nitrogens is 1. The van der Waals surface area contributed by atoms with Gasteiger partial charge in [0.2, 0.25) is 0 Å². The zero-order valence-electron chi connectivity index (χ0n) is 9.50. The summed E-state index contributed by atoms with van der Waals surface area (Å²) in [5.41, 5.74) is 0.674. The minimum atomic E-state index is -0.647. The second-order valence-electron chi connectivity index (χ2n) is 3.70. The van der Waals surface area contributed by atoms with E-state index in [0.717, 1.165) is 0 Å². The van der Waals surface area contributed by atoms with E-state index in [-0.39, 0.29) is 12.1 Å². The first-order valence-corrected chi connectivity index (χ1v) is 4.95. The molecule has 6 nitrogen and oxygen atoms in total. The standard InChI is InChI=1S/C10H15N3O3/c1-5(14)4-11-9(15)8-6(2)7(3)12-13-10(8)16/h5,14H,4H2,1-3H3,(H,11,15)(H,13,16). The van der Waals surface area contributed by atoms with Crippen LogP contribution >= 0.6 is 0 Å². The van der Waals surface area contributed by atoms with E-state index in [2.05, 4.69) is 15.5 Å². The highest BCUT2D eigenvalue weighted by molar-refractivity contribution is 5.95. The molecule has 1 amide bonds. The number of hydrogen-bond donors (Lipinski definition) is 3. The normalized spacial score (nSPS) is 12.2. The molecule has 0 saturated carbocycles. The van der Waals surface area contributed by atoms with Crippen LogP contribution in [0.15, 0.2) is 4.79 Å². The molecule has 0 radical (unpaired) electrons. The van der Waals surface area contributed by atoms with Gasteiger partial charge < -0.3 is 10.4 Å². The van der Waals surface area contributed by atoms with Gasteiger partial charge in [0.05, 0.1) is 11.8 Å². The van der Waals surface area contributed by atoms with Crippen molar-refractivity contribution in [3.05, 3.63) is 27.2 Å². The van der Waals surface area contributed by atoms with Gasteiger partial charge in [-0.2, -0.15) is 5.10 Å². The Kier molecular flexibility index (Phi) is 3.78. The van der Waals surface area contributed by atoms with Crippen molar-refractivity contribution < 1.29 is 9.90 Å². The molecule has 1 heterocycles. The number of carbonyl (C=O) groups is 1. The summed E-state index contributed by atoms with van der Waals surface area (Å²) in [5.74, 6) is -0.495. The van der Waals surface area contributed by atoms with Crippen molar-refractivity contribution in [3.8, 4) is 0 Å². The summed E-state index contributed by atoms with van der Waals surface area (Å²) in [6.07, 6.45) is -0.647. The first-order chi connectivity index (χ1) is 7.43. The maximum Gasteiger partial charge on any atom is 0.277 e. The van der Waals surface area contributed by atoms with E-state index in [1.165, 1.54) is 0 Å². The predicted octanol–water partition coefficient (Wildman–Crippen LogP) is -0.503. The quantitative estimate of drug-likeness (QED) is 0.646. The number of aromatic amines is 1. The number of aliphatic hydroxyl groups excluding tert-OH is 1. The SMILES string of the molecule is Cc1n[nH]c(=O)c(C(=O)NCC(C)O)c1C. The van der Waals surface area contributed by atoms with Gasteiger partial charge in [0, 0.05) is 6.54 Å². The minimum absolute atomic E-state index is 0.0492. The Morgan fingerprint density at radius 2 is 2.19 bits per heavy atom. The minimum Gasteiger partial charge on any atom is -0.392 e. The maximum absolute atomic E-state index is 11.7. The Balaban J connectivity index is 3.00. The topological polar surface area (TPSA) is 95.1 Å². The summed E-state index contributed by atoms with van der Waals surface area (Å²) in [6, 6.07) is 0. The molecular weight excluding hydrogens is 210 g/mol. The lowest BCUT2D eigenvalue weighted by Crippen LogP contribution is -2.35. The molecule has 0 aliphatic heterocycles. The number of aromatic nitrogens is 2. The summed E-state index contributed by atoms with van der Waals surface area (Å²) in [6.45, 7) is 5.03. The van der Waals surface area contributed by atoms with Gasteiger partial charge in [0.15, 0.2) is 0 Å². The molecule has 1 aromatic heterocycles. The summed E-state index contributed by atoms with van der Waals surface area (Å²) in [4.78, 5) is 23.1. The zero-order chi connectivity index (χ0) is 12.3. The number of rotatable bonds is 3. The van der Waals surface area contributed by atoms with Gasteiger partial charge in [-0.1, -0.05) is 0 Å². The van der Waals surface area contributed by atoms with Gasteiger partial charge in [-0.05, 0) is 26.3 Å². The molecule has 6 heteroatoms. The molecule has 0 aliphatic rings. The molecule has 0 aliphatic carbocycles. The molecule has 0 aromatic carbocycles. The average molecular weight is 225 g/mol. The number of carbonyl (C=O) groups excluding carboxylic acids is 1. The Bertz CT molecular complexity index is 451. The first kappa shape index (κ1) is 12.4. The summed E-state index contributed by atoms with van der Waals surface area (Å²) < 4.78 is 0. The van der Waals surface area contributed by atoms with E-state index in [0.29, 0.717) is 11.3 Å². The Hall–Kier alpha value is -1.69. The van der Waals surface area contributed by atoms with E-state index < -0.39 is 17.6 Å². The fourth-order valence-corrected chi connectivity index (χ4v) is 1.23. The number of aliphatic hydroxyl groups is 1. The maximum atomic E-state index is 11.7. The molecule has 16 heavy (non-hydrogen) atoms. The highest BCUT2D eigenvalue weighted by Crippen LogP contribution is 2.04. The van der Waals surface area contributed by atoms with Crippen LogP contribution in [-0.2, 0) is 0 Å². The van der Waals surface area contributed by atoms with Gasteiger partial charge in [0.1, 0.15) is 5.56 Å². The van der Waals surface area contributed by atoms with Crippen LogP contribution < -0.4 is 10.9 Å². The predicted molar refractivity (Wildman–Crippen MR) is 58.3 cm³/mol. The second-order valence-corrected chi connectivity index (χ2v) is 3.70. The molecule has 0 spiro atoms. The van der Waals surface area contributed by atoms with Crippen LogP contribution in [0.25, 0.3) is 0 Å². The first-order valence-electron chi connectivity index (χ1n) is 4.95. The van der Waals surface area contributed by atoms with Gasteiger partial charge in [-0.15, -0.1) is 0 Å². The van der Waals surface area contributed by atoms with Gasteiger partial charge >= 0.3 is 0 Å². The van der Waals surface area contributed by atoms with Gasteiger partial charge in [0.25, 0.3) is 11.5 Å². The van der Waals surface area contributed by atoms with Crippen LogP contribution in [0.5, 0.6) is 0 Å². The number of nitrogens with one attached hydrogen (secondary N) is 2. The molecule has 0 saturated heterocycles. The van der Waals surface area contributed by atoms with Crippen molar-refractivity contribution in [2.45, 2.75) is 26.9 Å². The van der Waals surface area contributed by atoms with Crippen molar-refractivity contribution in [1.29, 1.82) is 0 Å². The third kappa shape index (κ3) is 2.66. The molecule has 1 aromatic rings. The molecule has 0 bridgehead atoms. The van der Waals surface area contributed by atoms with Crippen molar-refractivity contribution >= 4 is 5.91 Å². The van der Waals surface area contributed by atoms with Crippen LogP contribution in [-0.4, -0.2) is 33.9 Å². The highest BCUT2D eigenvalue weighted by atomic mass is 16.3. The molecule has 0 fully saturated rings. The third-order valence-corrected chi connectivity index (χ3v) is 2.26. The van der Waals surface area contributed by atoms with E-state index >= 15 is 0 Å². The van der Waals surface area contributed by atoms with E-state index in [1.807, 2.05) is 0 Å². The monoisotopic (exact) mass is 225 g/mol. The van der Waals surface area contributed by atoms with E-state index in [4.69, 9.17) is 5.11 Å². The van der Waals surface area contributed by atoms with E-state index in [9.17, 15) is 9.59 Å². The molecule has 88 valence electrons. The molecule has 1 atom stereocenters.